The average Bonchev–Trinajstić information content (AvgIpc) is 2.39. The van der Waals surface area contributed by atoms with Crippen LogP contribution in [-0.2, 0) is 9.84 Å². The molecule has 2 rings (SSSR count). The van der Waals surface area contributed by atoms with E-state index in [2.05, 4.69) is 0 Å². The van der Waals surface area contributed by atoms with Gasteiger partial charge in [0, 0.05) is 15.6 Å². The van der Waals surface area contributed by atoms with Crippen molar-refractivity contribution in [3.63, 3.8) is 0 Å². The number of hydrogen-bond acceptors (Lipinski definition) is 3. The molecule has 0 aliphatic heterocycles. The summed E-state index contributed by atoms with van der Waals surface area (Å²) in [4.78, 5) is 12.0. The lowest BCUT2D eigenvalue weighted by molar-refractivity contribution is 0.102. The molecule has 2 aromatic carbocycles. The molecule has 0 amide bonds. The van der Waals surface area contributed by atoms with Gasteiger partial charge in [-0.2, -0.15) is 0 Å². The Balaban J connectivity index is 2.24. The van der Waals surface area contributed by atoms with Gasteiger partial charge < -0.3 is 0 Å². The van der Waals surface area contributed by atoms with E-state index in [0.717, 1.165) is 0 Å². The Kier molecular flexibility index (Phi) is 4.48. The lowest BCUT2D eigenvalue weighted by atomic mass is 10.1. The van der Waals surface area contributed by atoms with Gasteiger partial charge in [0.15, 0.2) is 15.6 Å². The first kappa shape index (κ1) is 15.0. The molecule has 0 saturated heterocycles. The van der Waals surface area contributed by atoms with E-state index in [1.165, 1.54) is 30.3 Å². The molecule has 0 atom stereocenters. The van der Waals surface area contributed by atoms with E-state index < -0.39 is 21.4 Å². The summed E-state index contributed by atoms with van der Waals surface area (Å²) in [5, 5.41) is 0.796. The van der Waals surface area contributed by atoms with E-state index in [0.29, 0.717) is 15.6 Å². The Morgan fingerprint density at radius 2 is 1.60 bits per heavy atom. The molecule has 0 aromatic heterocycles. The van der Waals surface area contributed by atoms with E-state index in [9.17, 15) is 13.2 Å². The Hall–Kier alpha value is -1.36. The van der Waals surface area contributed by atoms with Gasteiger partial charge in [-0.05, 0) is 42.5 Å². The first-order valence-corrected chi connectivity index (χ1v) is 8.06. The summed E-state index contributed by atoms with van der Waals surface area (Å²) in [5.41, 5.74) is 0.306. The smallest absolute Gasteiger partial charge is 0.185 e. The molecule has 0 aliphatic rings. The van der Waals surface area contributed by atoms with Gasteiger partial charge in [-0.25, -0.2) is 8.42 Å². The van der Waals surface area contributed by atoms with Crippen molar-refractivity contribution in [2.45, 2.75) is 4.90 Å². The zero-order chi connectivity index (χ0) is 14.8. The van der Waals surface area contributed by atoms with E-state index in [4.69, 9.17) is 23.2 Å². The fourth-order valence-corrected chi connectivity index (χ4v) is 3.29. The molecule has 2 aromatic rings. The topological polar surface area (TPSA) is 51.2 Å². The minimum absolute atomic E-state index is 0.0345. The van der Waals surface area contributed by atoms with Gasteiger partial charge in [0.1, 0.15) is 5.75 Å². The highest BCUT2D eigenvalue weighted by Gasteiger charge is 2.20. The van der Waals surface area contributed by atoms with E-state index in [-0.39, 0.29) is 4.90 Å². The maximum atomic E-state index is 12.1. The predicted molar refractivity (Wildman–Crippen MR) is 79.3 cm³/mol. The van der Waals surface area contributed by atoms with Crippen LogP contribution in [0.4, 0.5) is 0 Å². The highest BCUT2D eigenvalue weighted by Crippen LogP contribution is 2.18. The predicted octanol–water partition coefficient (Wildman–Crippen LogP) is 3.65. The molecule has 0 saturated carbocycles. The van der Waals surface area contributed by atoms with Gasteiger partial charge in [-0.3, -0.25) is 4.79 Å². The zero-order valence-electron chi connectivity index (χ0n) is 10.2. The number of hydrogen-bond donors (Lipinski definition) is 0. The number of halogens is 2. The van der Waals surface area contributed by atoms with Crippen LogP contribution in [0.25, 0.3) is 0 Å². The Labute approximate surface area is 127 Å². The third-order valence-electron chi connectivity index (χ3n) is 2.64. The molecule has 0 fully saturated rings. The molecule has 6 heteroatoms. The summed E-state index contributed by atoms with van der Waals surface area (Å²) < 4.78 is 24.3. The molecule has 20 heavy (non-hydrogen) atoms. The minimum atomic E-state index is -3.71. The number of sulfone groups is 1. The highest BCUT2D eigenvalue weighted by molar-refractivity contribution is 7.92. The molecule has 0 radical (unpaired) electrons. The van der Waals surface area contributed by atoms with Crippen molar-refractivity contribution in [3.8, 4) is 0 Å². The number of carbonyl (C=O) groups is 1. The Morgan fingerprint density at radius 3 is 2.20 bits per heavy atom. The fourth-order valence-electron chi connectivity index (χ4n) is 1.64. The zero-order valence-corrected chi connectivity index (χ0v) is 12.5. The van der Waals surface area contributed by atoms with Crippen LogP contribution in [0.3, 0.4) is 0 Å². The maximum Gasteiger partial charge on any atom is 0.185 e. The standard InChI is InChI=1S/C14H10Cl2O3S/c15-11-6-4-10(5-7-11)14(17)9-20(18,19)13-3-1-2-12(16)8-13/h1-8H,9H2. The first-order chi connectivity index (χ1) is 9.38. The van der Waals surface area contributed by atoms with Gasteiger partial charge >= 0.3 is 0 Å². The summed E-state index contributed by atoms with van der Waals surface area (Å²) in [7, 11) is -3.71. The van der Waals surface area contributed by atoms with E-state index in [1.54, 1.807) is 18.2 Å². The van der Waals surface area contributed by atoms with Gasteiger partial charge in [-0.15, -0.1) is 0 Å². The van der Waals surface area contributed by atoms with Crippen molar-refractivity contribution in [2.75, 3.05) is 5.75 Å². The van der Waals surface area contributed by atoms with Crippen LogP contribution in [0.2, 0.25) is 10.0 Å². The Bertz CT molecular complexity index is 737. The van der Waals surface area contributed by atoms with Crippen molar-refractivity contribution in [1.29, 1.82) is 0 Å². The molecule has 104 valence electrons. The van der Waals surface area contributed by atoms with Gasteiger partial charge in [-0.1, -0.05) is 29.3 Å². The summed E-state index contributed by atoms with van der Waals surface area (Å²) >= 11 is 11.5. The third kappa shape index (κ3) is 3.60. The highest BCUT2D eigenvalue weighted by atomic mass is 35.5. The third-order valence-corrected chi connectivity index (χ3v) is 4.74. The molecule has 0 spiro atoms. The molecule has 0 aliphatic carbocycles. The molecular formula is C14H10Cl2O3S. The van der Waals surface area contributed by atoms with Crippen LogP contribution >= 0.6 is 23.2 Å². The fraction of sp³-hybridized carbons (Fsp3) is 0.0714. The molecule has 0 bridgehead atoms. The van der Waals surface area contributed by atoms with Crippen molar-refractivity contribution < 1.29 is 13.2 Å². The van der Waals surface area contributed by atoms with Gasteiger partial charge in [0.05, 0.1) is 4.90 Å². The average molecular weight is 329 g/mol. The van der Waals surface area contributed by atoms with Crippen LogP contribution in [-0.4, -0.2) is 20.0 Å². The number of Topliss-reactive ketones (excluding diaryl/α,β-unsaturated/α-hetero) is 1. The largest absolute Gasteiger partial charge is 0.293 e. The molecule has 0 unspecified atom stereocenters. The lowest BCUT2D eigenvalue weighted by Gasteiger charge is -2.05. The maximum absolute atomic E-state index is 12.1. The van der Waals surface area contributed by atoms with Crippen LogP contribution in [0.15, 0.2) is 53.4 Å². The summed E-state index contributed by atoms with van der Waals surface area (Å²) in [6.07, 6.45) is 0. The van der Waals surface area contributed by atoms with Crippen LogP contribution in [0.5, 0.6) is 0 Å². The van der Waals surface area contributed by atoms with Gasteiger partial charge in [0.25, 0.3) is 0 Å². The SMILES string of the molecule is O=C(CS(=O)(=O)c1cccc(Cl)c1)c1ccc(Cl)cc1. The number of benzene rings is 2. The second-order valence-corrected chi connectivity index (χ2v) is 7.01. The van der Waals surface area contributed by atoms with Crippen LogP contribution in [0, 0.1) is 0 Å². The van der Waals surface area contributed by atoms with Gasteiger partial charge in [0.2, 0.25) is 0 Å². The van der Waals surface area contributed by atoms with Crippen LogP contribution < -0.4 is 0 Å². The quantitative estimate of drug-likeness (QED) is 0.805. The molecule has 0 N–H and O–H groups in total. The minimum Gasteiger partial charge on any atom is -0.293 e. The normalized spacial score (nSPS) is 11.3. The van der Waals surface area contributed by atoms with E-state index >= 15 is 0 Å². The second-order valence-electron chi connectivity index (χ2n) is 4.15. The second kappa shape index (κ2) is 5.95. The van der Waals surface area contributed by atoms with Crippen molar-refractivity contribution in [2.24, 2.45) is 0 Å². The Morgan fingerprint density at radius 1 is 0.950 bits per heavy atom. The van der Waals surface area contributed by atoms with Crippen LogP contribution in [0.1, 0.15) is 10.4 Å². The number of ketones is 1. The molecular weight excluding hydrogens is 319 g/mol. The lowest BCUT2D eigenvalue weighted by Crippen LogP contribution is -2.16. The number of rotatable bonds is 4. The summed E-state index contributed by atoms with van der Waals surface area (Å²) in [6, 6.07) is 11.9. The molecule has 3 nitrogen and oxygen atoms in total. The van der Waals surface area contributed by atoms with Crippen molar-refractivity contribution in [3.05, 3.63) is 64.1 Å². The van der Waals surface area contributed by atoms with Crippen molar-refractivity contribution in [1.82, 2.24) is 0 Å². The molecule has 0 heterocycles. The monoisotopic (exact) mass is 328 g/mol. The number of carbonyl (C=O) groups excluding carboxylic acids is 1. The summed E-state index contributed by atoms with van der Waals surface area (Å²) in [6.45, 7) is 0. The first-order valence-electron chi connectivity index (χ1n) is 5.65. The van der Waals surface area contributed by atoms with E-state index in [1.807, 2.05) is 0 Å². The van der Waals surface area contributed by atoms with Crippen molar-refractivity contribution >= 4 is 38.8 Å². The summed E-state index contributed by atoms with van der Waals surface area (Å²) in [5.74, 6) is -1.09.